The summed E-state index contributed by atoms with van der Waals surface area (Å²) >= 11 is 0. The van der Waals surface area contributed by atoms with Gasteiger partial charge in [0, 0.05) is 17.5 Å². The zero-order valence-electron chi connectivity index (χ0n) is 16.7. The first-order chi connectivity index (χ1) is 13.5. The van der Waals surface area contributed by atoms with Crippen molar-refractivity contribution >= 4 is 11.6 Å². The van der Waals surface area contributed by atoms with E-state index < -0.39 is 0 Å². The molecule has 0 spiro atoms. The molecular formula is C22H26N2O4. The van der Waals surface area contributed by atoms with Gasteiger partial charge in [0.1, 0.15) is 12.9 Å². The molecule has 0 aromatic heterocycles. The molecule has 0 radical (unpaired) electrons. The first-order valence-electron chi connectivity index (χ1n) is 9.25. The molecule has 0 aliphatic carbocycles. The lowest BCUT2D eigenvalue weighted by molar-refractivity contribution is 0.0680. The quantitative estimate of drug-likeness (QED) is 0.806. The number of aliphatic hydroxyl groups is 1. The van der Waals surface area contributed by atoms with Gasteiger partial charge < -0.3 is 19.6 Å². The van der Waals surface area contributed by atoms with Gasteiger partial charge in [0.05, 0.1) is 32.0 Å². The van der Waals surface area contributed by atoms with Crippen LogP contribution in [0.25, 0.3) is 11.1 Å². The highest BCUT2D eigenvalue weighted by molar-refractivity contribution is 6.01. The molecule has 2 aromatic carbocycles. The van der Waals surface area contributed by atoms with Gasteiger partial charge in [-0.05, 0) is 48.7 Å². The van der Waals surface area contributed by atoms with Gasteiger partial charge in [-0.2, -0.15) is 0 Å². The molecule has 3 rings (SSSR count). The van der Waals surface area contributed by atoms with Crippen molar-refractivity contribution in [2.45, 2.75) is 26.3 Å². The lowest BCUT2D eigenvalue weighted by atomic mass is 9.95. The number of methoxy groups -OCH3 is 1. The first-order valence-corrected chi connectivity index (χ1v) is 9.25. The van der Waals surface area contributed by atoms with Crippen molar-refractivity contribution in [3.05, 3.63) is 53.1 Å². The maximum absolute atomic E-state index is 13.1. The third-order valence-electron chi connectivity index (χ3n) is 5.30. The fraction of sp³-hybridized carbons (Fsp3) is 0.364. The van der Waals surface area contributed by atoms with E-state index >= 15 is 0 Å². The van der Waals surface area contributed by atoms with Crippen molar-refractivity contribution in [2.24, 2.45) is 5.16 Å². The SMILES string of the molecule is CO/N=C1/C[C@@H](CO)N(C(=O)c2ccc(-c3cccc(C)c3C)c(OC)c2)C1. The summed E-state index contributed by atoms with van der Waals surface area (Å²) in [7, 11) is 3.08. The van der Waals surface area contributed by atoms with E-state index in [0.717, 1.165) is 16.8 Å². The van der Waals surface area contributed by atoms with Crippen LogP contribution in [0.1, 0.15) is 27.9 Å². The molecule has 28 heavy (non-hydrogen) atoms. The average molecular weight is 382 g/mol. The molecule has 0 bridgehead atoms. The number of rotatable bonds is 5. The summed E-state index contributed by atoms with van der Waals surface area (Å²) in [5, 5.41) is 13.6. The van der Waals surface area contributed by atoms with Crippen LogP contribution >= 0.6 is 0 Å². The zero-order valence-corrected chi connectivity index (χ0v) is 16.7. The second-order valence-electron chi connectivity index (χ2n) is 6.98. The summed E-state index contributed by atoms with van der Waals surface area (Å²) in [6, 6.07) is 11.3. The molecule has 1 N–H and O–H groups in total. The Hall–Kier alpha value is -2.86. The average Bonchev–Trinajstić information content (AvgIpc) is 3.12. The standard InChI is InChI=1S/C22H26N2O4/c1-14-6-5-7-19(15(14)2)20-9-8-16(10-21(20)27-3)22(26)24-12-17(23-28-4)11-18(24)13-25/h5-10,18,25H,11-13H2,1-4H3/b23-17-/t18-/m0/s1. The van der Waals surface area contributed by atoms with Gasteiger partial charge in [-0.1, -0.05) is 23.4 Å². The molecule has 1 fully saturated rings. The van der Waals surface area contributed by atoms with Gasteiger partial charge in [-0.3, -0.25) is 4.79 Å². The normalized spacial score (nSPS) is 17.8. The lowest BCUT2D eigenvalue weighted by Gasteiger charge is -2.23. The molecular weight excluding hydrogens is 356 g/mol. The van der Waals surface area contributed by atoms with Gasteiger partial charge in [-0.15, -0.1) is 0 Å². The van der Waals surface area contributed by atoms with E-state index in [9.17, 15) is 9.90 Å². The summed E-state index contributed by atoms with van der Waals surface area (Å²) in [6.45, 7) is 4.38. The fourth-order valence-electron chi connectivity index (χ4n) is 3.62. The summed E-state index contributed by atoms with van der Waals surface area (Å²) in [4.78, 5) is 19.5. The van der Waals surface area contributed by atoms with E-state index in [-0.39, 0.29) is 18.6 Å². The van der Waals surface area contributed by atoms with Crippen LogP contribution < -0.4 is 4.74 Å². The number of oxime groups is 1. The Morgan fingerprint density at radius 1 is 1.21 bits per heavy atom. The van der Waals surface area contributed by atoms with E-state index in [1.165, 1.54) is 18.2 Å². The van der Waals surface area contributed by atoms with E-state index in [1.54, 1.807) is 18.1 Å². The van der Waals surface area contributed by atoms with Gasteiger partial charge in [0.25, 0.3) is 5.91 Å². The minimum atomic E-state index is -0.300. The maximum atomic E-state index is 13.1. The van der Waals surface area contributed by atoms with Crippen molar-refractivity contribution in [3.63, 3.8) is 0 Å². The third-order valence-corrected chi connectivity index (χ3v) is 5.30. The summed E-state index contributed by atoms with van der Waals surface area (Å²) < 4.78 is 5.60. The summed E-state index contributed by atoms with van der Waals surface area (Å²) in [5.74, 6) is 0.483. The molecule has 148 valence electrons. The van der Waals surface area contributed by atoms with Crippen molar-refractivity contribution in [1.29, 1.82) is 0 Å². The zero-order chi connectivity index (χ0) is 20.3. The summed E-state index contributed by atoms with van der Waals surface area (Å²) in [6.07, 6.45) is 0.508. The fourth-order valence-corrected chi connectivity index (χ4v) is 3.62. The number of hydrogen-bond acceptors (Lipinski definition) is 5. The Morgan fingerprint density at radius 2 is 2.00 bits per heavy atom. The molecule has 1 amide bonds. The van der Waals surface area contributed by atoms with E-state index in [2.05, 4.69) is 31.1 Å². The van der Waals surface area contributed by atoms with Crippen LogP contribution in [0.4, 0.5) is 0 Å². The Labute approximate surface area is 165 Å². The molecule has 1 aliphatic rings. The topological polar surface area (TPSA) is 71.4 Å². The molecule has 1 aliphatic heterocycles. The predicted molar refractivity (Wildman–Crippen MR) is 109 cm³/mol. The molecule has 1 heterocycles. The van der Waals surface area contributed by atoms with Crippen LogP contribution in [0.2, 0.25) is 0 Å². The minimum Gasteiger partial charge on any atom is -0.496 e. The Balaban J connectivity index is 1.95. The predicted octanol–water partition coefficient (Wildman–Crippen LogP) is 3.19. The van der Waals surface area contributed by atoms with Crippen LogP contribution in [0.3, 0.4) is 0 Å². The van der Waals surface area contributed by atoms with Crippen LogP contribution in [0.15, 0.2) is 41.6 Å². The van der Waals surface area contributed by atoms with E-state index in [0.29, 0.717) is 24.3 Å². The Bertz CT molecular complexity index is 907. The van der Waals surface area contributed by atoms with Crippen molar-refractivity contribution < 1.29 is 19.5 Å². The molecule has 2 aromatic rings. The second kappa shape index (κ2) is 8.44. The number of benzene rings is 2. The van der Waals surface area contributed by atoms with Gasteiger partial charge in [0.15, 0.2) is 0 Å². The van der Waals surface area contributed by atoms with Crippen LogP contribution in [-0.4, -0.2) is 55.0 Å². The number of hydrogen-bond donors (Lipinski definition) is 1. The largest absolute Gasteiger partial charge is 0.496 e. The molecule has 6 heteroatoms. The second-order valence-corrected chi connectivity index (χ2v) is 6.98. The Morgan fingerprint density at radius 3 is 2.68 bits per heavy atom. The van der Waals surface area contributed by atoms with Crippen LogP contribution in [0.5, 0.6) is 5.75 Å². The third kappa shape index (κ3) is 3.73. The van der Waals surface area contributed by atoms with Crippen LogP contribution in [-0.2, 0) is 4.84 Å². The molecule has 1 saturated heterocycles. The van der Waals surface area contributed by atoms with E-state index in [4.69, 9.17) is 9.57 Å². The van der Waals surface area contributed by atoms with Gasteiger partial charge in [-0.25, -0.2) is 0 Å². The Kier molecular flexibility index (Phi) is 5.99. The van der Waals surface area contributed by atoms with Crippen LogP contribution in [0, 0.1) is 13.8 Å². The number of aryl methyl sites for hydroxylation is 1. The highest BCUT2D eigenvalue weighted by Crippen LogP contribution is 2.34. The molecule has 6 nitrogen and oxygen atoms in total. The number of ether oxygens (including phenoxy) is 1. The van der Waals surface area contributed by atoms with Gasteiger partial charge in [0.2, 0.25) is 0 Å². The smallest absolute Gasteiger partial charge is 0.254 e. The highest BCUT2D eigenvalue weighted by atomic mass is 16.6. The monoisotopic (exact) mass is 382 g/mol. The lowest BCUT2D eigenvalue weighted by Crippen LogP contribution is -2.37. The number of aliphatic hydroxyl groups excluding tert-OH is 1. The van der Waals surface area contributed by atoms with Crippen molar-refractivity contribution in [1.82, 2.24) is 4.90 Å². The molecule has 0 saturated carbocycles. The number of likely N-dealkylation sites (tertiary alicyclic amines) is 1. The van der Waals surface area contributed by atoms with Crippen molar-refractivity contribution in [3.8, 4) is 16.9 Å². The molecule has 1 atom stereocenters. The number of nitrogens with zero attached hydrogens (tertiary/aromatic N) is 2. The van der Waals surface area contributed by atoms with Gasteiger partial charge >= 0.3 is 0 Å². The first kappa shape index (κ1) is 19.9. The number of carbonyl (C=O) groups excluding carboxylic acids is 1. The number of amides is 1. The minimum absolute atomic E-state index is 0.119. The highest BCUT2D eigenvalue weighted by Gasteiger charge is 2.33. The number of carbonyl (C=O) groups is 1. The van der Waals surface area contributed by atoms with E-state index in [1.807, 2.05) is 18.2 Å². The molecule has 0 unspecified atom stereocenters. The summed E-state index contributed by atoms with van der Waals surface area (Å²) in [5.41, 5.74) is 5.67. The van der Waals surface area contributed by atoms with Crippen molar-refractivity contribution in [2.75, 3.05) is 27.4 Å². The maximum Gasteiger partial charge on any atom is 0.254 e.